The average molecular weight is 654 g/mol. The summed E-state index contributed by atoms with van der Waals surface area (Å²) in [7, 11) is 14.7. The van der Waals surface area contributed by atoms with E-state index in [4.69, 9.17) is 0 Å². The number of hydrogen-bond donors (Lipinski definition) is 0. The monoisotopic (exact) mass is 654 g/mol. The summed E-state index contributed by atoms with van der Waals surface area (Å²) in [5.74, 6) is 0. The third kappa shape index (κ3) is 28.1. The molecule has 0 fully saturated rings. The first-order valence-electron chi connectivity index (χ1n) is 17.0. The minimum Gasteiger partial charge on any atom is -1.00 e. The molecule has 0 rings (SSSR count). The molecule has 4 heteroatoms. The van der Waals surface area contributed by atoms with Gasteiger partial charge in [-0.25, -0.2) is 0 Å². The van der Waals surface area contributed by atoms with Crippen LogP contribution >= 0.6 is 0 Å². The Morgan fingerprint density at radius 2 is 0.447 bits per heavy atom. The Labute approximate surface area is 260 Å². The van der Waals surface area contributed by atoms with E-state index in [1.165, 1.54) is 181 Å². The highest BCUT2D eigenvalue weighted by molar-refractivity contribution is 4.50. The minimum atomic E-state index is 0. The molecule has 0 spiro atoms. The number of quaternary nitrogens is 3. The Morgan fingerprint density at radius 3 is 0.684 bits per heavy atom. The second kappa shape index (κ2) is 25.3. The number of hydrogen-bond acceptors (Lipinski definition) is 0. The molecule has 0 radical (unpaired) electrons. The highest BCUT2D eigenvalue weighted by atomic mass is 127. The molecule has 0 bridgehead atoms. The van der Waals surface area contributed by atoms with Crippen LogP contribution in [0.25, 0.3) is 0 Å². The predicted molar refractivity (Wildman–Crippen MR) is 169 cm³/mol. The van der Waals surface area contributed by atoms with Gasteiger partial charge in [0, 0.05) is 0 Å². The Hall–Kier alpha value is 0.610. The lowest BCUT2D eigenvalue weighted by atomic mass is 10.1. The quantitative estimate of drug-likeness (QED) is 0.0548. The zero-order valence-electron chi connectivity index (χ0n) is 28.1. The summed E-state index contributed by atoms with van der Waals surface area (Å²) < 4.78 is 3.55. The minimum absolute atomic E-state index is 0. The maximum Gasteiger partial charge on any atom is 0.128 e. The van der Waals surface area contributed by atoms with Crippen LogP contribution in [-0.2, 0) is 0 Å². The molecule has 232 valence electrons. The lowest BCUT2D eigenvalue weighted by molar-refractivity contribution is -0.967. The van der Waals surface area contributed by atoms with E-state index >= 15 is 0 Å². The van der Waals surface area contributed by atoms with Gasteiger partial charge in [-0.05, 0) is 25.7 Å². The van der Waals surface area contributed by atoms with Crippen molar-refractivity contribution < 1.29 is 37.4 Å². The molecule has 38 heavy (non-hydrogen) atoms. The molecular formula is C34H76IN3+2. The van der Waals surface area contributed by atoms with E-state index in [2.05, 4.69) is 56.1 Å². The van der Waals surface area contributed by atoms with Gasteiger partial charge in [-0.15, -0.1) is 0 Å². The van der Waals surface area contributed by atoms with E-state index in [0.717, 1.165) is 0 Å². The van der Waals surface area contributed by atoms with Crippen molar-refractivity contribution in [3.05, 3.63) is 0 Å². The number of halogens is 1. The Morgan fingerprint density at radius 1 is 0.263 bits per heavy atom. The first-order valence-corrected chi connectivity index (χ1v) is 17.0. The predicted octanol–water partition coefficient (Wildman–Crippen LogP) is 6.06. The molecule has 0 aliphatic carbocycles. The third-order valence-electron chi connectivity index (χ3n) is 8.86. The van der Waals surface area contributed by atoms with Crippen molar-refractivity contribution in [2.24, 2.45) is 0 Å². The molecular weight excluding hydrogens is 577 g/mol. The fraction of sp³-hybridized carbons (Fsp3) is 1.00. The van der Waals surface area contributed by atoms with Crippen LogP contribution < -0.4 is 24.0 Å². The van der Waals surface area contributed by atoms with Gasteiger partial charge < -0.3 is 37.4 Å². The Balaban J connectivity index is 0. The van der Waals surface area contributed by atoms with E-state index in [-0.39, 0.29) is 24.0 Å². The highest BCUT2D eigenvalue weighted by Gasteiger charge is 2.26. The van der Waals surface area contributed by atoms with Crippen LogP contribution in [0.5, 0.6) is 0 Å². The third-order valence-corrected chi connectivity index (χ3v) is 8.86. The number of rotatable bonds is 28. The van der Waals surface area contributed by atoms with Crippen molar-refractivity contribution >= 4 is 0 Å². The summed E-state index contributed by atoms with van der Waals surface area (Å²) in [6.45, 7) is 12.5. The zero-order valence-corrected chi connectivity index (χ0v) is 30.3. The SMILES string of the molecule is CCCCCCCCCCCC[N+](C)(C)CC[N+](C)(C)CC[N+](C)(C)CCCCCCCCCCCC.[I-]. The van der Waals surface area contributed by atoms with Gasteiger partial charge in [0.1, 0.15) is 26.2 Å². The van der Waals surface area contributed by atoms with Gasteiger partial charge in [0.25, 0.3) is 0 Å². The van der Waals surface area contributed by atoms with Crippen molar-refractivity contribution in [2.75, 3.05) is 81.6 Å². The lowest BCUT2D eigenvalue weighted by Gasteiger charge is -2.38. The molecule has 3 nitrogen and oxygen atoms in total. The van der Waals surface area contributed by atoms with Crippen LogP contribution in [0.4, 0.5) is 0 Å². The van der Waals surface area contributed by atoms with Crippen molar-refractivity contribution in [2.45, 2.75) is 142 Å². The molecule has 0 saturated heterocycles. The van der Waals surface area contributed by atoms with Crippen LogP contribution in [0.3, 0.4) is 0 Å². The largest absolute Gasteiger partial charge is 1.00 e. The average Bonchev–Trinajstić information content (AvgIpc) is 2.84. The van der Waals surface area contributed by atoms with E-state index in [1.807, 2.05) is 0 Å². The molecule has 0 saturated carbocycles. The van der Waals surface area contributed by atoms with Crippen molar-refractivity contribution in [3.8, 4) is 0 Å². The fourth-order valence-electron chi connectivity index (χ4n) is 5.47. The van der Waals surface area contributed by atoms with E-state index in [1.54, 1.807) is 0 Å². The standard InChI is InChI=1S/C34H76N3.HI/c1-9-11-13-15-17-19-21-23-25-27-29-35(3,4)31-33-37(7,8)34-32-36(5,6)30-28-26-24-22-20-18-16-14-12-10-2;/h9-34H2,1-8H3;1H/q+3;/p-1. The summed E-state index contributed by atoms with van der Waals surface area (Å²) in [6.07, 6.45) is 28.7. The highest BCUT2D eigenvalue weighted by Crippen LogP contribution is 2.14. The van der Waals surface area contributed by atoms with Gasteiger partial charge in [-0.1, -0.05) is 117 Å². The van der Waals surface area contributed by atoms with Gasteiger partial charge in [-0.3, -0.25) is 0 Å². The summed E-state index contributed by atoms with van der Waals surface area (Å²) in [4.78, 5) is 0. The van der Waals surface area contributed by atoms with Crippen LogP contribution in [0.1, 0.15) is 142 Å². The van der Waals surface area contributed by atoms with Crippen molar-refractivity contribution in [1.29, 1.82) is 0 Å². The van der Waals surface area contributed by atoms with Gasteiger partial charge in [0.05, 0.1) is 55.4 Å². The van der Waals surface area contributed by atoms with Crippen LogP contribution in [0.15, 0.2) is 0 Å². The molecule has 0 aromatic carbocycles. The Kier molecular flexibility index (Phi) is 27.2. The van der Waals surface area contributed by atoms with Gasteiger partial charge in [0.2, 0.25) is 0 Å². The Bertz CT molecular complexity index is 448. The number of nitrogens with zero attached hydrogens (tertiary/aromatic N) is 3. The summed E-state index contributed by atoms with van der Waals surface area (Å²) in [6, 6.07) is 0. The van der Waals surface area contributed by atoms with Crippen LogP contribution in [0.2, 0.25) is 0 Å². The smallest absolute Gasteiger partial charge is 0.128 e. The lowest BCUT2D eigenvalue weighted by Crippen LogP contribution is -3.00. The molecule has 0 N–H and O–H groups in total. The second-order valence-corrected chi connectivity index (χ2v) is 14.5. The van der Waals surface area contributed by atoms with E-state index < -0.39 is 0 Å². The van der Waals surface area contributed by atoms with Crippen LogP contribution in [0, 0.1) is 0 Å². The first kappa shape index (κ1) is 40.7. The molecule has 0 unspecified atom stereocenters. The van der Waals surface area contributed by atoms with Crippen LogP contribution in [-0.4, -0.2) is 95.0 Å². The molecule has 0 atom stereocenters. The maximum atomic E-state index is 2.46. The maximum absolute atomic E-state index is 2.46. The van der Waals surface area contributed by atoms with Crippen molar-refractivity contribution in [1.82, 2.24) is 0 Å². The number of unbranched alkanes of at least 4 members (excludes halogenated alkanes) is 18. The topological polar surface area (TPSA) is 0 Å². The molecule has 0 aliphatic rings. The van der Waals surface area contributed by atoms with E-state index in [9.17, 15) is 0 Å². The van der Waals surface area contributed by atoms with E-state index in [0.29, 0.717) is 0 Å². The zero-order chi connectivity index (χ0) is 27.9. The fourth-order valence-corrected chi connectivity index (χ4v) is 5.47. The second-order valence-electron chi connectivity index (χ2n) is 14.5. The number of likely N-dealkylation sites (N-methyl/N-ethyl adjacent to an activating group) is 3. The molecule has 0 aliphatic heterocycles. The molecule has 0 amide bonds. The van der Waals surface area contributed by atoms with Gasteiger partial charge in [0.15, 0.2) is 0 Å². The molecule has 0 aromatic heterocycles. The molecule has 0 aromatic rings. The van der Waals surface area contributed by atoms with Gasteiger partial charge >= 0.3 is 0 Å². The normalized spacial score (nSPS) is 12.6. The summed E-state index contributed by atoms with van der Waals surface area (Å²) in [5.41, 5.74) is 0. The first-order chi connectivity index (χ1) is 17.5. The molecule has 0 heterocycles. The summed E-state index contributed by atoms with van der Waals surface area (Å²) >= 11 is 0. The van der Waals surface area contributed by atoms with Gasteiger partial charge in [-0.2, -0.15) is 0 Å². The summed E-state index contributed by atoms with van der Waals surface area (Å²) in [5, 5.41) is 0. The van der Waals surface area contributed by atoms with Crippen molar-refractivity contribution in [3.63, 3.8) is 0 Å².